The minimum Gasteiger partial charge on any atom is -0.396 e. The minimum absolute atomic E-state index is 0.00556. The molecule has 380 valence electrons. The van der Waals surface area contributed by atoms with Gasteiger partial charge in [0.1, 0.15) is 61.0 Å². The molecule has 8 rings (SSSR count). The van der Waals surface area contributed by atoms with Crippen LogP contribution in [0.2, 0.25) is 0 Å². The van der Waals surface area contributed by atoms with Crippen LogP contribution in [0.5, 0.6) is 0 Å². The summed E-state index contributed by atoms with van der Waals surface area (Å²) in [6.07, 6.45) is -14.9. The molecule has 0 bridgehead atoms. The standard InChI is InChI=1S/C48H80O18/c1-22-31(54)38(66-41-35(58)33(56)37(27(18-49)63-41)65-40-34(57)32(55)25(52)19-61-40)36(59)42(62-22)64-30-10-11-44(4)28(45(30,5)20-50)9-12-46(6)39(44)26(60-8)15-23-24-16-43(2,3)13-14-48(24,21-51)29(53)17-47(23,46)7/h15,22,24-42,49-59H,9-14,16-21H2,1-8H3/t22-,24+,25+,26-,27-,28+,29+,30+,31-,32+,33+,34-,35+,36+,37+,38-,39+,40-,41+,42+,44+,45+,46-,47-,48-/m1/s1. The third-order valence-electron chi connectivity index (χ3n) is 19.4. The van der Waals surface area contributed by atoms with Crippen molar-refractivity contribution < 1.29 is 89.3 Å². The number of ether oxygens (including phenoxy) is 7. The van der Waals surface area contributed by atoms with E-state index < -0.39 is 122 Å². The molecule has 8 aliphatic rings. The maximum absolute atomic E-state index is 12.2. The van der Waals surface area contributed by atoms with Crippen molar-refractivity contribution in [2.75, 3.05) is 33.5 Å². The molecule has 3 saturated heterocycles. The first-order chi connectivity index (χ1) is 30.9. The third-order valence-corrected chi connectivity index (χ3v) is 19.4. The van der Waals surface area contributed by atoms with Crippen LogP contribution in [0.15, 0.2) is 11.6 Å². The van der Waals surface area contributed by atoms with Gasteiger partial charge in [-0.3, -0.25) is 0 Å². The molecule has 3 heterocycles. The number of rotatable bonds is 10. The second kappa shape index (κ2) is 18.3. The Bertz CT molecular complexity index is 1750. The number of methoxy groups -OCH3 is 1. The molecular formula is C48H80O18. The molecule has 0 unspecified atom stereocenters. The van der Waals surface area contributed by atoms with Crippen LogP contribution in [0, 0.1) is 50.2 Å². The highest BCUT2D eigenvalue weighted by molar-refractivity contribution is 5.37. The smallest absolute Gasteiger partial charge is 0.187 e. The second-order valence-electron chi connectivity index (χ2n) is 23.4. The van der Waals surface area contributed by atoms with E-state index in [-0.39, 0.29) is 58.7 Å². The fourth-order valence-corrected chi connectivity index (χ4v) is 15.2. The largest absolute Gasteiger partial charge is 0.396 e. The van der Waals surface area contributed by atoms with Gasteiger partial charge in [0.05, 0.1) is 50.8 Å². The monoisotopic (exact) mass is 945 g/mol. The summed E-state index contributed by atoms with van der Waals surface area (Å²) in [5, 5.41) is 121. The molecule has 0 amide bonds. The van der Waals surface area contributed by atoms with Gasteiger partial charge in [-0.2, -0.15) is 0 Å². The fourth-order valence-electron chi connectivity index (χ4n) is 15.2. The lowest BCUT2D eigenvalue weighted by Crippen LogP contribution is -2.70. The molecule has 5 aliphatic carbocycles. The van der Waals surface area contributed by atoms with Gasteiger partial charge in [0.2, 0.25) is 0 Å². The van der Waals surface area contributed by atoms with E-state index in [4.69, 9.17) is 33.2 Å². The molecule has 66 heavy (non-hydrogen) atoms. The van der Waals surface area contributed by atoms with Crippen LogP contribution >= 0.6 is 0 Å². The van der Waals surface area contributed by atoms with Gasteiger partial charge >= 0.3 is 0 Å². The second-order valence-corrected chi connectivity index (χ2v) is 23.4. The SMILES string of the molecule is CO[C@@H]1C=C2[C@@H]3CC(C)(C)CC[C@]3(CO)[C@@H](O)C[C@@]2(C)[C@]2(C)CC[C@@H]3[C@](C)(CO)[C@@H](O[C@@H]4O[C@H](C)[C@@H](O)[C@@H](O[C@@H]5O[C@H](CO)[C@H](O[C@H]6OC[C@H](O)[C@H](O)[C@H]6O)[C@@H](O)[C@@H]5O)[C@@H]4O)CC[C@]3(C)[C@H]12. The van der Waals surface area contributed by atoms with Crippen LogP contribution in [-0.2, 0) is 33.2 Å². The summed E-state index contributed by atoms with van der Waals surface area (Å²) in [5.74, 6) is -0.0787. The Morgan fingerprint density at radius 1 is 0.682 bits per heavy atom. The molecule has 11 N–H and O–H groups in total. The summed E-state index contributed by atoms with van der Waals surface area (Å²) in [5.41, 5.74) is -1.16. The van der Waals surface area contributed by atoms with Crippen molar-refractivity contribution in [2.24, 2.45) is 50.2 Å². The zero-order valence-electron chi connectivity index (χ0n) is 39.9. The lowest BCUT2D eigenvalue weighted by atomic mass is 9.32. The van der Waals surface area contributed by atoms with E-state index >= 15 is 0 Å². The average molecular weight is 945 g/mol. The zero-order chi connectivity index (χ0) is 48.3. The number of aliphatic hydroxyl groups excluding tert-OH is 11. The highest BCUT2D eigenvalue weighted by Gasteiger charge is 2.72. The molecule has 0 aromatic heterocycles. The Morgan fingerprint density at radius 3 is 2.00 bits per heavy atom. The number of fused-ring (bicyclic) bond motifs is 7. The average Bonchev–Trinajstić information content (AvgIpc) is 3.27. The van der Waals surface area contributed by atoms with Crippen LogP contribution in [0.1, 0.15) is 99.8 Å². The van der Waals surface area contributed by atoms with Gasteiger partial charge in [0.15, 0.2) is 18.9 Å². The van der Waals surface area contributed by atoms with Gasteiger partial charge < -0.3 is 89.3 Å². The maximum atomic E-state index is 12.2. The topological polar surface area (TPSA) is 287 Å². The highest BCUT2D eigenvalue weighted by Crippen LogP contribution is 2.76. The van der Waals surface area contributed by atoms with E-state index in [1.165, 1.54) is 5.57 Å². The molecule has 25 atom stereocenters. The van der Waals surface area contributed by atoms with E-state index in [1.54, 1.807) is 14.0 Å². The van der Waals surface area contributed by atoms with Crippen molar-refractivity contribution in [1.29, 1.82) is 0 Å². The predicted octanol–water partition coefficient (Wildman–Crippen LogP) is -0.151. The highest BCUT2D eigenvalue weighted by atomic mass is 16.8. The van der Waals surface area contributed by atoms with Crippen molar-refractivity contribution in [3.05, 3.63) is 11.6 Å². The van der Waals surface area contributed by atoms with E-state index in [1.807, 2.05) is 6.92 Å². The summed E-state index contributed by atoms with van der Waals surface area (Å²) in [7, 11) is 1.76. The molecule has 7 fully saturated rings. The lowest BCUT2D eigenvalue weighted by Gasteiger charge is -2.73. The van der Waals surface area contributed by atoms with Gasteiger partial charge in [-0.1, -0.05) is 53.2 Å². The Morgan fingerprint density at radius 2 is 1.35 bits per heavy atom. The molecule has 0 aromatic carbocycles. The van der Waals surface area contributed by atoms with Gasteiger partial charge in [-0.15, -0.1) is 0 Å². The Labute approximate surface area is 388 Å². The first kappa shape index (κ1) is 51.4. The maximum Gasteiger partial charge on any atom is 0.187 e. The van der Waals surface area contributed by atoms with Crippen molar-refractivity contribution >= 4 is 0 Å². The van der Waals surface area contributed by atoms with Gasteiger partial charge in [0.25, 0.3) is 0 Å². The third kappa shape index (κ3) is 7.82. The Kier molecular flexibility index (Phi) is 14.2. The van der Waals surface area contributed by atoms with Crippen molar-refractivity contribution in [1.82, 2.24) is 0 Å². The number of aliphatic hydroxyl groups is 11. The number of hydrogen-bond donors (Lipinski definition) is 11. The predicted molar refractivity (Wildman–Crippen MR) is 232 cm³/mol. The Balaban J connectivity index is 1.01. The van der Waals surface area contributed by atoms with E-state index in [2.05, 4.69) is 40.7 Å². The summed E-state index contributed by atoms with van der Waals surface area (Å²) in [6, 6.07) is 0. The molecule has 18 heteroatoms. The molecule has 4 saturated carbocycles. The Hall–Kier alpha value is -0.980. The number of allylic oxidation sites excluding steroid dienone is 1. The summed E-state index contributed by atoms with van der Waals surface area (Å²) < 4.78 is 42.1. The van der Waals surface area contributed by atoms with Gasteiger partial charge in [-0.05, 0) is 91.8 Å². The van der Waals surface area contributed by atoms with Gasteiger partial charge in [-0.25, -0.2) is 0 Å². The molecule has 0 spiro atoms. The van der Waals surface area contributed by atoms with Crippen molar-refractivity contribution in [2.45, 2.75) is 204 Å². The van der Waals surface area contributed by atoms with Crippen LogP contribution in [0.25, 0.3) is 0 Å². The van der Waals surface area contributed by atoms with Crippen LogP contribution in [-0.4, -0.2) is 194 Å². The molecular weight excluding hydrogens is 865 g/mol. The molecule has 18 nitrogen and oxygen atoms in total. The lowest BCUT2D eigenvalue weighted by molar-refractivity contribution is -0.379. The van der Waals surface area contributed by atoms with Crippen LogP contribution in [0.3, 0.4) is 0 Å². The van der Waals surface area contributed by atoms with E-state index in [0.29, 0.717) is 19.3 Å². The fraction of sp³-hybridized carbons (Fsp3) is 0.958. The summed E-state index contributed by atoms with van der Waals surface area (Å²) in [4.78, 5) is 0. The zero-order valence-corrected chi connectivity index (χ0v) is 39.9. The molecule has 0 radical (unpaired) electrons. The summed E-state index contributed by atoms with van der Waals surface area (Å²) >= 11 is 0. The van der Waals surface area contributed by atoms with Crippen molar-refractivity contribution in [3.63, 3.8) is 0 Å². The first-order valence-corrected chi connectivity index (χ1v) is 24.3. The van der Waals surface area contributed by atoms with E-state index in [9.17, 15) is 56.2 Å². The summed E-state index contributed by atoms with van der Waals surface area (Å²) in [6.45, 7) is 13.7. The molecule has 0 aromatic rings. The first-order valence-electron chi connectivity index (χ1n) is 24.3. The van der Waals surface area contributed by atoms with Crippen molar-refractivity contribution in [3.8, 4) is 0 Å². The number of hydrogen-bond acceptors (Lipinski definition) is 18. The minimum atomic E-state index is -1.87. The molecule has 3 aliphatic heterocycles. The quantitative estimate of drug-likeness (QED) is 0.100. The van der Waals surface area contributed by atoms with Gasteiger partial charge in [0, 0.05) is 23.9 Å². The normalized spacial score (nSPS) is 56.0. The van der Waals surface area contributed by atoms with E-state index in [0.717, 1.165) is 32.1 Å². The van der Waals surface area contributed by atoms with Crippen LogP contribution < -0.4 is 0 Å². The van der Waals surface area contributed by atoms with Crippen LogP contribution in [0.4, 0.5) is 0 Å².